The first-order chi connectivity index (χ1) is 8.39. The monoisotopic (exact) mass is 274 g/mol. The van der Waals surface area contributed by atoms with Crippen molar-refractivity contribution in [3.8, 4) is 0 Å². The van der Waals surface area contributed by atoms with Gasteiger partial charge in [-0.1, -0.05) is 29.3 Å². The molecule has 0 aromatic heterocycles. The molecule has 0 saturated heterocycles. The summed E-state index contributed by atoms with van der Waals surface area (Å²) in [6, 6.07) is 6.63. The van der Waals surface area contributed by atoms with Gasteiger partial charge in [0.2, 0.25) is 5.62 Å². The second-order valence-corrected chi connectivity index (χ2v) is 4.25. The molecule has 1 aromatic rings. The van der Waals surface area contributed by atoms with Crippen LogP contribution in [0.25, 0.3) is 0 Å². The summed E-state index contributed by atoms with van der Waals surface area (Å²) in [5.41, 5.74) is -0.584. The number of halogens is 4. The van der Waals surface area contributed by atoms with Gasteiger partial charge in [-0.25, -0.2) is 0 Å². The zero-order valence-electron chi connectivity index (χ0n) is 9.45. The van der Waals surface area contributed by atoms with Crippen LogP contribution < -0.4 is 4.90 Å². The predicted octanol–water partition coefficient (Wildman–Crippen LogP) is 3.85. The maximum Gasteiger partial charge on any atom is 0.431 e. The SMILES string of the molecule is Cc1ccc(N2C(C(F)(F)F)=CC=NC2Cl)cc1. The minimum absolute atomic E-state index is 0.362. The van der Waals surface area contributed by atoms with E-state index < -0.39 is 17.5 Å². The molecule has 1 aromatic carbocycles. The summed E-state index contributed by atoms with van der Waals surface area (Å²) >= 11 is 5.84. The molecule has 6 heteroatoms. The molecule has 1 unspecified atom stereocenters. The molecule has 18 heavy (non-hydrogen) atoms. The highest BCUT2D eigenvalue weighted by Crippen LogP contribution is 2.36. The van der Waals surface area contributed by atoms with Gasteiger partial charge in [0.05, 0.1) is 0 Å². The Bertz CT molecular complexity index is 491. The zero-order valence-corrected chi connectivity index (χ0v) is 10.2. The van der Waals surface area contributed by atoms with Crippen molar-refractivity contribution >= 4 is 23.5 Å². The van der Waals surface area contributed by atoms with Gasteiger partial charge in [-0.3, -0.25) is 4.99 Å². The summed E-state index contributed by atoms with van der Waals surface area (Å²) < 4.78 is 38.7. The Hall–Kier alpha value is -1.49. The van der Waals surface area contributed by atoms with Crippen molar-refractivity contribution in [3.05, 3.63) is 41.6 Å². The third-order valence-corrected chi connectivity index (χ3v) is 2.82. The van der Waals surface area contributed by atoms with Gasteiger partial charge in [0.25, 0.3) is 0 Å². The van der Waals surface area contributed by atoms with E-state index in [-0.39, 0.29) is 0 Å². The van der Waals surface area contributed by atoms with Gasteiger partial charge in [0.15, 0.2) is 0 Å². The molecule has 0 N–H and O–H groups in total. The lowest BCUT2D eigenvalue weighted by Crippen LogP contribution is -2.38. The number of benzene rings is 1. The fourth-order valence-electron chi connectivity index (χ4n) is 1.64. The molecule has 1 aliphatic heterocycles. The predicted molar refractivity (Wildman–Crippen MR) is 65.9 cm³/mol. The normalized spacial score (nSPS) is 19.9. The second kappa shape index (κ2) is 4.65. The lowest BCUT2D eigenvalue weighted by Gasteiger charge is -2.32. The Morgan fingerprint density at radius 1 is 1.22 bits per heavy atom. The van der Waals surface area contributed by atoms with Crippen molar-refractivity contribution in [3.63, 3.8) is 0 Å². The largest absolute Gasteiger partial charge is 0.431 e. The summed E-state index contributed by atoms with van der Waals surface area (Å²) in [7, 11) is 0. The molecule has 0 aliphatic carbocycles. The fraction of sp³-hybridized carbons (Fsp3) is 0.250. The highest BCUT2D eigenvalue weighted by molar-refractivity contribution is 6.22. The maximum atomic E-state index is 12.9. The summed E-state index contributed by atoms with van der Waals surface area (Å²) in [5.74, 6) is 0. The Morgan fingerprint density at radius 3 is 2.39 bits per heavy atom. The second-order valence-electron chi connectivity index (χ2n) is 3.86. The van der Waals surface area contributed by atoms with Gasteiger partial charge in [0.1, 0.15) is 5.70 Å². The molecule has 0 amide bonds. The van der Waals surface area contributed by atoms with E-state index in [0.29, 0.717) is 5.69 Å². The highest BCUT2D eigenvalue weighted by Gasteiger charge is 2.41. The number of anilines is 1. The van der Waals surface area contributed by atoms with Crippen LogP contribution in [0.2, 0.25) is 0 Å². The van der Waals surface area contributed by atoms with Crippen molar-refractivity contribution in [1.82, 2.24) is 0 Å². The summed E-state index contributed by atoms with van der Waals surface area (Å²) in [6.45, 7) is 1.86. The first-order valence-corrected chi connectivity index (χ1v) is 5.64. The Balaban J connectivity index is 2.43. The molecule has 0 bridgehead atoms. The maximum absolute atomic E-state index is 12.9. The number of hydrogen-bond donors (Lipinski definition) is 0. The van der Waals surface area contributed by atoms with Crippen LogP contribution >= 0.6 is 11.6 Å². The van der Waals surface area contributed by atoms with E-state index in [0.717, 1.165) is 22.8 Å². The van der Waals surface area contributed by atoms with Gasteiger partial charge in [0, 0.05) is 11.9 Å². The number of hydrogen-bond acceptors (Lipinski definition) is 2. The molecule has 1 atom stereocenters. The number of nitrogens with zero attached hydrogens (tertiary/aromatic N) is 2. The van der Waals surface area contributed by atoms with Crippen LogP contribution in [-0.4, -0.2) is 18.0 Å². The molecule has 2 rings (SSSR count). The Kier molecular flexibility index (Phi) is 3.34. The summed E-state index contributed by atoms with van der Waals surface area (Å²) in [5, 5.41) is 0. The number of aryl methyl sites for hydroxylation is 1. The standard InChI is InChI=1S/C12H10ClF3N2/c1-8-2-4-9(5-3-8)18-10(12(14,15)16)6-7-17-11(18)13/h2-7,11H,1H3. The van der Waals surface area contributed by atoms with Gasteiger partial charge >= 0.3 is 6.18 Å². The molecule has 1 aliphatic rings. The number of allylic oxidation sites excluding steroid dienone is 2. The molecule has 0 fully saturated rings. The van der Waals surface area contributed by atoms with E-state index in [1.807, 2.05) is 6.92 Å². The van der Waals surface area contributed by atoms with Gasteiger partial charge in [-0.15, -0.1) is 0 Å². The molecule has 0 saturated carbocycles. The van der Waals surface area contributed by atoms with Crippen molar-refractivity contribution in [1.29, 1.82) is 0 Å². The van der Waals surface area contributed by atoms with Crippen LogP contribution in [0.1, 0.15) is 5.56 Å². The van der Waals surface area contributed by atoms with Crippen molar-refractivity contribution in [2.75, 3.05) is 4.90 Å². The number of aliphatic imine (C=N–C) groups is 1. The fourth-order valence-corrected chi connectivity index (χ4v) is 1.93. The molecule has 96 valence electrons. The van der Waals surface area contributed by atoms with E-state index in [1.165, 1.54) is 0 Å². The van der Waals surface area contributed by atoms with Crippen LogP contribution in [0.4, 0.5) is 18.9 Å². The minimum atomic E-state index is -4.47. The van der Waals surface area contributed by atoms with E-state index >= 15 is 0 Å². The number of alkyl halides is 4. The van der Waals surface area contributed by atoms with E-state index in [1.54, 1.807) is 24.3 Å². The van der Waals surface area contributed by atoms with Gasteiger partial charge in [-0.05, 0) is 25.1 Å². The van der Waals surface area contributed by atoms with Gasteiger partial charge in [-0.2, -0.15) is 13.2 Å². The quantitative estimate of drug-likeness (QED) is 0.561. The van der Waals surface area contributed by atoms with Crippen molar-refractivity contribution in [2.24, 2.45) is 4.99 Å². The molecule has 2 nitrogen and oxygen atoms in total. The van der Waals surface area contributed by atoms with Crippen molar-refractivity contribution < 1.29 is 13.2 Å². The molecular weight excluding hydrogens is 265 g/mol. The topological polar surface area (TPSA) is 15.6 Å². The minimum Gasteiger partial charge on any atom is -0.302 e. The summed E-state index contributed by atoms with van der Waals surface area (Å²) in [4.78, 5) is 4.72. The van der Waals surface area contributed by atoms with Crippen LogP contribution in [-0.2, 0) is 0 Å². The summed E-state index contributed by atoms with van der Waals surface area (Å²) in [6.07, 6.45) is -2.48. The first-order valence-electron chi connectivity index (χ1n) is 5.20. The zero-order chi connectivity index (χ0) is 13.3. The third kappa shape index (κ3) is 2.51. The Labute approximate surface area is 107 Å². The lowest BCUT2D eigenvalue weighted by atomic mass is 10.2. The van der Waals surface area contributed by atoms with Crippen LogP contribution in [0.3, 0.4) is 0 Å². The lowest BCUT2D eigenvalue weighted by molar-refractivity contribution is -0.0936. The van der Waals surface area contributed by atoms with E-state index in [2.05, 4.69) is 4.99 Å². The highest BCUT2D eigenvalue weighted by atomic mass is 35.5. The van der Waals surface area contributed by atoms with Crippen LogP contribution in [0.15, 0.2) is 41.0 Å². The average molecular weight is 275 g/mol. The van der Waals surface area contributed by atoms with Crippen LogP contribution in [0.5, 0.6) is 0 Å². The van der Waals surface area contributed by atoms with E-state index in [4.69, 9.17) is 11.6 Å². The van der Waals surface area contributed by atoms with Gasteiger partial charge < -0.3 is 4.90 Å². The van der Waals surface area contributed by atoms with E-state index in [9.17, 15) is 13.2 Å². The number of rotatable bonds is 1. The molecule has 1 heterocycles. The smallest absolute Gasteiger partial charge is 0.302 e. The van der Waals surface area contributed by atoms with Crippen molar-refractivity contribution in [2.45, 2.75) is 18.7 Å². The molecular formula is C12H10ClF3N2. The Morgan fingerprint density at radius 2 is 1.83 bits per heavy atom. The first kappa shape index (κ1) is 13.0. The third-order valence-electron chi connectivity index (χ3n) is 2.52. The van der Waals surface area contributed by atoms with Crippen LogP contribution in [0, 0.1) is 6.92 Å². The molecule has 0 spiro atoms. The molecule has 0 radical (unpaired) electrons. The average Bonchev–Trinajstić information content (AvgIpc) is 2.29.